The molecule has 3 heteroatoms. The third-order valence-corrected chi connectivity index (χ3v) is 5.95. The SMILES string of the molecule is CC1CN(CC2(CS)CCCC2)CC(C)S1. The normalized spacial score (nSPS) is 35.4. The molecule has 2 rings (SSSR count). The van der Waals surface area contributed by atoms with Gasteiger partial charge in [0, 0.05) is 30.1 Å². The molecular weight excluding hydrogens is 234 g/mol. The molecular formula is C13H25NS2. The minimum atomic E-state index is 0.546. The predicted octanol–water partition coefficient (Wildman–Crippen LogP) is 3.30. The van der Waals surface area contributed by atoms with E-state index in [0.717, 1.165) is 16.3 Å². The molecule has 94 valence electrons. The molecule has 0 spiro atoms. The zero-order valence-corrected chi connectivity index (χ0v) is 12.3. The fraction of sp³-hybridized carbons (Fsp3) is 1.00. The van der Waals surface area contributed by atoms with Crippen LogP contribution in [0.3, 0.4) is 0 Å². The molecule has 1 saturated carbocycles. The average Bonchev–Trinajstić information content (AvgIpc) is 2.65. The summed E-state index contributed by atoms with van der Waals surface area (Å²) < 4.78 is 0. The summed E-state index contributed by atoms with van der Waals surface area (Å²) >= 11 is 6.76. The second-order valence-corrected chi connectivity index (χ2v) is 8.01. The molecule has 0 aromatic carbocycles. The van der Waals surface area contributed by atoms with Crippen molar-refractivity contribution in [1.82, 2.24) is 4.90 Å². The van der Waals surface area contributed by atoms with Gasteiger partial charge in [0.2, 0.25) is 0 Å². The molecule has 1 aliphatic heterocycles. The van der Waals surface area contributed by atoms with Crippen molar-refractivity contribution < 1.29 is 0 Å². The molecule has 0 N–H and O–H groups in total. The number of nitrogens with zero attached hydrogens (tertiary/aromatic N) is 1. The third kappa shape index (κ3) is 3.11. The molecule has 16 heavy (non-hydrogen) atoms. The third-order valence-electron chi connectivity index (χ3n) is 4.05. The molecule has 2 fully saturated rings. The van der Waals surface area contributed by atoms with Gasteiger partial charge in [0.15, 0.2) is 0 Å². The molecule has 2 unspecified atom stereocenters. The molecule has 0 aromatic heterocycles. The number of thiol groups is 1. The Balaban J connectivity index is 1.92. The van der Waals surface area contributed by atoms with Crippen molar-refractivity contribution in [3.8, 4) is 0 Å². The fourth-order valence-electron chi connectivity index (χ4n) is 3.38. The lowest BCUT2D eigenvalue weighted by molar-refractivity contribution is 0.170. The monoisotopic (exact) mass is 259 g/mol. The van der Waals surface area contributed by atoms with Gasteiger partial charge in [-0.2, -0.15) is 24.4 Å². The van der Waals surface area contributed by atoms with Crippen LogP contribution >= 0.6 is 24.4 Å². The molecule has 1 heterocycles. The molecule has 1 aliphatic carbocycles. The molecule has 2 aliphatic rings. The van der Waals surface area contributed by atoms with Crippen LogP contribution < -0.4 is 0 Å². The van der Waals surface area contributed by atoms with Gasteiger partial charge in [0.25, 0.3) is 0 Å². The van der Waals surface area contributed by atoms with E-state index >= 15 is 0 Å². The second kappa shape index (κ2) is 5.53. The van der Waals surface area contributed by atoms with E-state index in [4.69, 9.17) is 0 Å². The van der Waals surface area contributed by atoms with Gasteiger partial charge in [-0.15, -0.1) is 0 Å². The van der Waals surface area contributed by atoms with Crippen LogP contribution in [0.2, 0.25) is 0 Å². The van der Waals surface area contributed by atoms with E-state index in [0.29, 0.717) is 5.41 Å². The van der Waals surface area contributed by atoms with Crippen LogP contribution in [0, 0.1) is 5.41 Å². The Kier molecular flexibility index (Phi) is 4.53. The van der Waals surface area contributed by atoms with Crippen molar-refractivity contribution >= 4 is 24.4 Å². The van der Waals surface area contributed by atoms with Gasteiger partial charge in [-0.05, 0) is 24.0 Å². The zero-order chi connectivity index (χ0) is 11.6. The van der Waals surface area contributed by atoms with E-state index in [1.807, 2.05) is 0 Å². The first-order valence-corrected chi connectivity index (χ1v) is 8.20. The van der Waals surface area contributed by atoms with Crippen LogP contribution in [-0.4, -0.2) is 40.8 Å². The summed E-state index contributed by atoms with van der Waals surface area (Å²) in [5.41, 5.74) is 0.546. The van der Waals surface area contributed by atoms with Crippen molar-refractivity contribution in [2.75, 3.05) is 25.4 Å². The summed E-state index contributed by atoms with van der Waals surface area (Å²) in [5.74, 6) is 1.08. The van der Waals surface area contributed by atoms with Gasteiger partial charge in [-0.1, -0.05) is 26.7 Å². The predicted molar refractivity (Wildman–Crippen MR) is 77.7 cm³/mol. The maximum atomic E-state index is 4.61. The summed E-state index contributed by atoms with van der Waals surface area (Å²) in [4.78, 5) is 2.70. The minimum Gasteiger partial charge on any atom is -0.301 e. The van der Waals surface area contributed by atoms with Crippen LogP contribution in [0.4, 0.5) is 0 Å². The van der Waals surface area contributed by atoms with Crippen LogP contribution in [0.5, 0.6) is 0 Å². The molecule has 0 amide bonds. The van der Waals surface area contributed by atoms with Gasteiger partial charge < -0.3 is 4.90 Å². The molecule has 2 atom stereocenters. The largest absolute Gasteiger partial charge is 0.301 e. The Hall–Kier alpha value is 0.660. The first kappa shape index (κ1) is 13.1. The first-order chi connectivity index (χ1) is 7.63. The first-order valence-electron chi connectivity index (χ1n) is 6.62. The lowest BCUT2D eigenvalue weighted by atomic mass is 9.87. The van der Waals surface area contributed by atoms with E-state index in [9.17, 15) is 0 Å². The number of thioether (sulfide) groups is 1. The molecule has 0 radical (unpaired) electrons. The maximum Gasteiger partial charge on any atom is 0.0149 e. The summed E-state index contributed by atoms with van der Waals surface area (Å²) in [5, 5.41) is 1.62. The minimum absolute atomic E-state index is 0.546. The second-order valence-electron chi connectivity index (χ2n) is 5.82. The van der Waals surface area contributed by atoms with Crippen molar-refractivity contribution in [2.45, 2.75) is 50.0 Å². The van der Waals surface area contributed by atoms with E-state index in [1.54, 1.807) is 0 Å². The summed E-state index contributed by atoms with van der Waals surface area (Å²) in [6.45, 7) is 8.60. The number of hydrogen-bond acceptors (Lipinski definition) is 3. The van der Waals surface area contributed by atoms with Crippen molar-refractivity contribution in [2.24, 2.45) is 5.41 Å². The summed E-state index contributed by atoms with van der Waals surface area (Å²) in [6, 6.07) is 0. The Morgan fingerprint density at radius 2 is 1.75 bits per heavy atom. The Labute approximate surface area is 110 Å². The highest BCUT2D eigenvalue weighted by molar-refractivity contribution is 8.00. The average molecular weight is 259 g/mol. The van der Waals surface area contributed by atoms with Crippen molar-refractivity contribution in [1.29, 1.82) is 0 Å². The zero-order valence-electron chi connectivity index (χ0n) is 10.6. The summed E-state index contributed by atoms with van der Waals surface area (Å²) in [6.07, 6.45) is 5.66. The van der Waals surface area contributed by atoms with Crippen molar-refractivity contribution in [3.05, 3.63) is 0 Å². The van der Waals surface area contributed by atoms with Crippen LogP contribution in [-0.2, 0) is 0 Å². The number of hydrogen-bond donors (Lipinski definition) is 1. The quantitative estimate of drug-likeness (QED) is 0.775. The van der Waals surface area contributed by atoms with Gasteiger partial charge in [0.1, 0.15) is 0 Å². The Morgan fingerprint density at radius 3 is 2.25 bits per heavy atom. The maximum absolute atomic E-state index is 4.61. The Bertz CT molecular complexity index is 216. The standard InChI is InChI=1S/C13H25NS2/c1-11-7-14(8-12(2)16-11)9-13(10-15)5-3-4-6-13/h11-12,15H,3-10H2,1-2H3. The molecule has 1 nitrogen and oxygen atoms in total. The van der Waals surface area contributed by atoms with E-state index in [-0.39, 0.29) is 0 Å². The summed E-state index contributed by atoms with van der Waals surface area (Å²) in [7, 11) is 0. The number of rotatable bonds is 3. The van der Waals surface area contributed by atoms with Gasteiger partial charge >= 0.3 is 0 Å². The van der Waals surface area contributed by atoms with E-state index in [1.165, 1.54) is 45.3 Å². The highest BCUT2D eigenvalue weighted by Gasteiger charge is 2.35. The molecule has 1 saturated heterocycles. The molecule has 0 bridgehead atoms. The van der Waals surface area contributed by atoms with E-state index in [2.05, 4.69) is 43.1 Å². The van der Waals surface area contributed by atoms with Crippen LogP contribution in [0.15, 0.2) is 0 Å². The topological polar surface area (TPSA) is 3.24 Å². The molecule has 0 aromatic rings. The van der Waals surface area contributed by atoms with Gasteiger partial charge in [-0.25, -0.2) is 0 Å². The fourth-order valence-corrected chi connectivity index (χ4v) is 5.18. The van der Waals surface area contributed by atoms with Crippen molar-refractivity contribution in [3.63, 3.8) is 0 Å². The van der Waals surface area contributed by atoms with E-state index < -0.39 is 0 Å². The van der Waals surface area contributed by atoms with Gasteiger partial charge in [-0.3, -0.25) is 0 Å². The van der Waals surface area contributed by atoms with Crippen LogP contribution in [0.25, 0.3) is 0 Å². The highest BCUT2D eigenvalue weighted by atomic mass is 32.2. The lowest BCUT2D eigenvalue weighted by Gasteiger charge is -2.40. The highest BCUT2D eigenvalue weighted by Crippen LogP contribution is 2.40. The van der Waals surface area contributed by atoms with Gasteiger partial charge in [0.05, 0.1) is 0 Å². The lowest BCUT2D eigenvalue weighted by Crippen LogP contribution is -2.46. The smallest absolute Gasteiger partial charge is 0.0149 e. The Morgan fingerprint density at radius 1 is 1.19 bits per heavy atom. The van der Waals surface area contributed by atoms with Crippen LogP contribution in [0.1, 0.15) is 39.5 Å².